The van der Waals surface area contributed by atoms with Gasteiger partial charge in [-0.1, -0.05) is 92.0 Å². The van der Waals surface area contributed by atoms with Gasteiger partial charge in [0, 0.05) is 24.2 Å². The minimum atomic E-state index is -0.369. The Kier molecular flexibility index (Phi) is 9.12. The zero-order valence-corrected chi connectivity index (χ0v) is 22.7. The van der Waals surface area contributed by atoms with Crippen LogP contribution in [0.15, 0.2) is 60.7 Å². The van der Waals surface area contributed by atoms with Crippen LogP contribution in [0.3, 0.4) is 0 Å². The number of anilines is 1. The SMILES string of the molecule is Cc1ccc2c(c1)Cc1ccccc1C21CC(=O)c2cc(NCCCCCCCCN)ccc21.NC=S. The molecule has 0 fully saturated rings. The third-order valence-corrected chi connectivity index (χ3v) is 7.74. The first-order valence-electron chi connectivity index (χ1n) is 13.5. The number of carbonyl (C=O) groups is 1. The van der Waals surface area contributed by atoms with E-state index in [1.807, 2.05) is 0 Å². The lowest BCUT2D eigenvalue weighted by Gasteiger charge is -2.38. The molecule has 4 nitrogen and oxygen atoms in total. The second kappa shape index (κ2) is 12.5. The molecular formula is C32H39N3OS. The molecule has 0 saturated heterocycles. The zero-order chi connectivity index (χ0) is 26.3. The van der Waals surface area contributed by atoms with Gasteiger partial charge < -0.3 is 16.8 Å². The Morgan fingerprint density at radius 2 is 1.57 bits per heavy atom. The summed E-state index contributed by atoms with van der Waals surface area (Å²) in [6, 6.07) is 22.0. The smallest absolute Gasteiger partial charge is 0.164 e. The highest BCUT2D eigenvalue weighted by atomic mass is 32.1. The van der Waals surface area contributed by atoms with Crippen molar-refractivity contribution in [3.8, 4) is 0 Å². The minimum absolute atomic E-state index is 0.252. The zero-order valence-electron chi connectivity index (χ0n) is 21.9. The summed E-state index contributed by atoms with van der Waals surface area (Å²) in [6.07, 6.45) is 8.75. The van der Waals surface area contributed by atoms with Crippen LogP contribution in [0, 0.1) is 6.92 Å². The van der Waals surface area contributed by atoms with E-state index in [2.05, 4.69) is 90.9 Å². The van der Waals surface area contributed by atoms with Crippen molar-refractivity contribution in [1.29, 1.82) is 0 Å². The fourth-order valence-corrected chi connectivity index (χ4v) is 6.10. The van der Waals surface area contributed by atoms with Crippen LogP contribution in [0.2, 0.25) is 0 Å². The van der Waals surface area contributed by atoms with Gasteiger partial charge in [0.1, 0.15) is 0 Å². The molecule has 5 rings (SSSR count). The Labute approximate surface area is 226 Å². The number of unbranched alkanes of at least 4 members (excludes halogenated alkanes) is 5. The summed E-state index contributed by atoms with van der Waals surface area (Å²) in [4.78, 5) is 13.4. The molecule has 0 amide bonds. The lowest BCUT2D eigenvalue weighted by Crippen LogP contribution is -2.33. The van der Waals surface area contributed by atoms with E-state index in [-0.39, 0.29) is 11.2 Å². The predicted molar refractivity (Wildman–Crippen MR) is 159 cm³/mol. The molecule has 37 heavy (non-hydrogen) atoms. The van der Waals surface area contributed by atoms with E-state index in [1.54, 1.807) is 0 Å². The highest BCUT2D eigenvalue weighted by molar-refractivity contribution is 7.78. The normalized spacial score (nSPS) is 16.9. The Hall–Kier alpha value is -3.02. The second-order valence-electron chi connectivity index (χ2n) is 10.2. The Bertz CT molecular complexity index is 1250. The highest BCUT2D eigenvalue weighted by Crippen LogP contribution is 2.53. The Morgan fingerprint density at radius 3 is 2.35 bits per heavy atom. The molecule has 1 unspecified atom stereocenters. The van der Waals surface area contributed by atoms with Gasteiger partial charge in [0.2, 0.25) is 0 Å². The summed E-state index contributed by atoms with van der Waals surface area (Å²) in [5.41, 5.74) is 20.5. The summed E-state index contributed by atoms with van der Waals surface area (Å²) in [5.74, 6) is 0.252. The van der Waals surface area contributed by atoms with Gasteiger partial charge in [0.15, 0.2) is 5.78 Å². The molecule has 1 atom stereocenters. The molecule has 5 N–H and O–H groups in total. The molecule has 0 bridgehead atoms. The second-order valence-corrected chi connectivity index (χ2v) is 10.5. The van der Waals surface area contributed by atoms with Crippen molar-refractivity contribution in [2.45, 2.75) is 63.7 Å². The van der Waals surface area contributed by atoms with Gasteiger partial charge in [-0.25, -0.2) is 0 Å². The summed E-state index contributed by atoms with van der Waals surface area (Å²) >= 11 is 4.05. The largest absolute Gasteiger partial charge is 0.396 e. The maximum atomic E-state index is 13.4. The number of ketones is 1. The van der Waals surface area contributed by atoms with Crippen LogP contribution in [0.25, 0.3) is 0 Å². The predicted octanol–water partition coefficient (Wildman–Crippen LogP) is 6.43. The van der Waals surface area contributed by atoms with Gasteiger partial charge in [0.05, 0.1) is 10.9 Å². The molecule has 0 aromatic heterocycles. The third-order valence-electron chi connectivity index (χ3n) is 7.74. The van der Waals surface area contributed by atoms with Crippen molar-refractivity contribution < 1.29 is 4.79 Å². The van der Waals surface area contributed by atoms with Gasteiger partial charge in [-0.3, -0.25) is 4.79 Å². The molecule has 5 heteroatoms. The van der Waals surface area contributed by atoms with Gasteiger partial charge >= 0.3 is 0 Å². The number of rotatable bonds is 9. The van der Waals surface area contributed by atoms with E-state index in [4.69, 9.17) is 5.73 Å². The number of hydrogen-bond acceptors (Lipinski definition) is 4. The number of benzene rings is 3. The van der Waals surface area contributed by atoms with Crippen LogP contribution >= 0.6 is 12.2 Å². The topological polar surface area (TPSA) is 81.1 Å². The number of fused-ring (bicyclic) bond motifs is 6. The average Bonchev–Trinajstić information content (AvgIpc) is 3.18. The maximum absolute atomic E-state index is 13.4. The summed E-state index contributed by atoms with van der Waals surface area (Å²) < 4.78 is 0. The quantitative estimate of drug-likeness (QED) is 0.227. The van der Waals surface area contributed by atoms with Crippen molar-refractivity contribution in [3.63, 3.8) is 0 Å². The minimum Gasteiger partial charge on any atom is -0.396 e. The molecule has 0 saturated carbocycles. The number of thiocarbonyl (C=S) groups is 1. The molecule has 0 aliphatic heterocycles. The monoisotopic (exact) mass is 513 g/mol. The van der Waals surface area contributed by atoms with Gasteiger partial charge in [-0.2, -0.15) is 0 Å². The van der Waals surface area contributed by atoms with Gasteiger partial charge in [0.25, 0.3) is 0 Å². The number of nitrogens with two attached hydrogens (primary N) is 2. The molecule has 0 radical (unpaired) electrons. The Balaban J connectivity index is 0.00000102. The van der Waals surface area contributed by atoms with E-state index in [9.17, 15) is 4.79 Å². The van der Waals surface area contributed by atoms with Crippen molar-refractivity contribution in [3.05, 3.63) is 99.6 Å². The fraction of sp³-hybridized carbons (Fsp3) is 0.375. The lowest BCUT2D eigenvalue weighted by atomic mass is 9.63. The number of aryl methyl sites for hydroxylation is 1. The summed E-state index contributed by atoms with van der Waals surface area (Å²) in [6.45, 7) is 3.90. The molecule has 3 aromatic rings. The van der Waals surface area contributed by atoms with Gasteiger partial charge in [-0.15, -0.1) is 0 Å². The van der Waals surface area contributed by atoms with Crippen molar-refractivity contribution in [1.82, 2.24) is 0 Å². The van der Waals surface area contributed by atoms with Crippen LogP contribution in [0.5, 0.6) is 0 Å². The molecule has 3 aromatic carbocycles. The van der Waals surface area contributed by atoms with E-state index < -0.39 is 0 Å². The van der Waals surface area contributed by atoms with E-state index in [1.165, 1.54) is 59.1 Å². The Morgan fingerprint density at radius 1 is 0.892 bits per heavy atom. The molecule has 0 heterocycles. The standard InChI is InChI=1S/C31H36N2O.CH3NS/c1-22-12-14-28-24(18-22)19-23-10-6-7-11-27(23)31(28)21-30(34)26-20-25(13-15-29(26)31)33-17-9-5-3-2-4-8-16-32;2-1-3/h6-7,10-15,18,20,33H,2-5,8-9,16-17,19,21,32H2,1H3;1H,(H2,2,3). The fourth-order valence-electron chi connectivity index (χ4n) is 6.10. The van der Waals surface area contributed by atoms with Crippen molar-refractivity contribution in [2.75, 3.05) is 18.4 Å². The van der Waals surface area contributed by atoms with Crippen LogP contribution in [-0.2, 0) is 11.8 Å². The van der Waals surface area contributed by atoms with Crippen molar-refractivity contribution in [2.24, 2.45) is 11.5 Å². The van der Waals surface area contributed by atoms with Crippen LogP contribution in [0.1, 0.15) is 88.7 Å². The molecule has 2 aliphatic rings. The molecular weight excluding hydrogens is 474 g/mol. The lowest BCUT2D eigenvalue weighted by molar-refractivity contribution is 0.0984. The van der Waals surface area contributed by atoms with E-state index in [0.29, 0.717) is 6.42 Å². The average molecular weight is 514 g/mol. The van der Waals surface area contributed by atoms with Crippen molar-refractivity contribution >= 4 is 29.2 Å². The molecule has 2 aliphatic carbocycles. The summed E-state index contributed by atoms with van der Waals surface area (Å²) in [5, 5.41) is 3.56. The van der Waals surface area contributed by atoms with Crippen LogP contribution in [0.4, 0.5) is 5.69 Å². The number of nitrogens with one attached hydrogen (secondary N) is 1. The molecule has 194 valence electrons. The number of hydrogen-bond donors (Lipinski definition) is 3. The third kappa shape index (κ3) is 5.63. The number of carbonyl (C=O) groups excluding carboxylic acids is 1. The molecule has 1 spiro atoms. The van der Waals surface area contributed by atoms with Crippen LogP contribution < -0.4 is 16.8 Å². The van der Waals surface area contributed by atoms with Gasteiger partial charge in [-0.05, 0) is 72.7 Å². The van der Waals surface area contributed by atoms with E-state index in [0.717, 1.165) is 49.1 Å². The highest BCUT2D eigenvalue weighted by Gasteiger charge is 2.49. The maximum Gasteiger partial charge on any atom is 0.164 e. The first kappa shape index (κ1) is 27.0. The first-order valence-corrected chi connectivity index (χ1v) is 14.0. The number of Topliss-reactive ketones (excluding diaryl/α,β-unsaturated/α-hetero) is 1. The van der Waals surface area contributed by atoms with E-state index >= 15 is 0 Å². The van der Waals surface area contributed by atoms with Crippen LogP contribution in [-0.4, -0.2) is 24.4 Å². The summed E-state index contributed by atoms with van der Waals surface area (Å²) in [7, 11) is 0. The first-order chi connectivity index (χ1) is 18.0.